The fraction of sp³-hybridized carbons (Fsp3) is 0.412. The maximum absolute atomic E-state index is 11.8. The fourth-order valence-electron chi connectivity index (χ4n) is 2.18. The van der Waals surface area contributed by atoms with Gasteiger partial charge in [0.1, 0.15) is 0 Å². The molecule has 0 saturated heterocycles. The first-order valence-electron chi connectivity index (χ1n) is 7.74. The molecule has 1 aromatic carbocycles. The molecule has 1 heterocycles. The van der Waals surface area contributed by atoms with E-state index in [1.165, 1.54) is 5.56 Å². The molecule has 2 aromatic rings. The second-order valence-electron chi connectivity index (χ2n) is 5.56. The van der Waals surface area contributed by atoms with E-state index >= 15 is 0 Å². The standard InChI is InChI=1S/C17H24N4OS/c1-14(7-10-23-2)20-17(22)19-11-15-3-5-16(6-4-15)12-21-9-8-18-13-21/h3-6,8-9,13-14H,7,10-12H2,1-2H3,(H2,19,20,22)/t14-/m1/s1. The number of carbonyl (C=O) groups excluding carboxylic acids is 1. The Morgan fingerprint density at radius 3 is 2.70 bits per heavy atom. The Kier molecular flexibility index (Phi) is 7.00. The molecule has 1 atom stereocenters. The lowest BCUT2D eigenvalue weighted by molar-refractivity contribution is 0.237. The number of hydrogen-bond acceptors (Lipinski definition) is 3. The van der Waals surface area contributed by atoms with Gasteiger partial charge in [-0.1, -0.05) is 24.3 Å². The van der Waals surface area contributed by atoms with E-state index in [1.54, 1.807) is 24.3 Å². The minimum absolute atomic E-state index is 0.110. The smallest absolute Gasteiger partial charge is 0.315 e. The zero-order chi connectivity index (χ0) is 16.5. The highest BCUT2D eigenvalue weighted by atomic mass is 32.2. The first kappa shape index (κ1) is 17.4. The molecule has 0 aliphatic rings. The zero-order valence-electron chi connectivity index (χ0n) is 13.7. The number of nitrogens with zero attached hydrogens (tertiary/aromatic N) is 2. The molecule has 1 aromatic heterocycles. The molecule has 6 heteroatoms. The molecule has 0 bridgehead atoms. The van der Waals surface area contributed by atoms with Gasteiger partial charge in [0.2, 0.25) is 0 Å². The third kappa shape index (κ3) is 6.36. The number of nitrogens with one attached hydrogen (secondary N) is 2. The van der Waals surface area contributed by atoms with Gasteiger partial charge in [-0.3, -0.25) is 0 Å². The van der Waals surface area contributed by atoms with E-state index in [1.807, 2.05) is 29.8 Å². The minimum atomic E-state index is -0.110. The molecular weight excluding hydrogens is 308 g/mol. The molecule has 0 aliphatic heterocycles. The van der Waals surface area contributed by atoms with Crippen LogP contribution >= 0.6 is 11.8 Å². The van der Waals surface area contributed by atoms with E-state index in [-0.39, 0.29) is 12.1 Å². The Morgan fingerprint density at radius 2 is 2.04 bits per heavy atom. The Morgan fingerprint density at radius 1 is 1.30 bits per heavy atom. The number of urea groups is 1. The van der Waals surface area contributed by atoms with Crippen molar-refractivity contribution in [3.05, 3.63) is 54.1 Å². The number of aromatic nitrogens is 2. The van der Waals surface area contributed by atoms with Crippen molar-refractivity contribution < 1.29 is 4.79 Å². The lowest BCUT2D eigenvalue weighted by Gasteiger charge is -2.14. The number of carbonyl (C=O) groups is 1. The summed E-state index contributed by atoms with van der Waals surface area (Å²) in [7, 11) is 0. The zero-order valence-corrected chi connectivity index (χ0v) is 14.5. The van der Waals surface area contributed by atoms with E-state index in [0.717, 1.165) is 24.3 Å². The third-order valence-electron chi connectivity index (χ3n) is 3.53. The monoisotopic (exact) mass is 332 g/mol. The van der Waals surface area contributed by atoms with Crippen molar-refractivity contribution in [2.45, 2.75) is 32.5 Å². The number of thioether (sulfide) groups is 1. The van der Waals surface area contributed by atoms with Crippen LogP contribution in [0.25, 0.3) is 0 Å². The van der Waals surface area contributed by atoms with Crippen LogP contribution in [0.5, 0.6) is 0 Å². The second kappa shape index (κ2) is 9.25. The number of benzene rings is 1. The van der Waals surface area contributed by atoms with Crippen LogP contribution in [0, 0.1) is 0 Å². The molecule has 0 saturated carbocycles. The van der Waals surface area contributed by atoms with Crippen molar-refractivity contribution in [1.29, 1.82) is 0 Å². The molecule has 5 nitrogen and oxygen atoms in total. The van der Waals surface area contributed by atoms with E-state index in [2.05, 4.69) is 34.0 Å². The second-order valence-corrected chi connectivity index (χ2v) is 6.55. The normalized spacial score (nSPS) is 11.9. The summed E-state index contributed by atoms with van der Waals surface area (Å²) in [6, 6.07) is 8.33. The summed E-state index contributed by atoms with van der Waals surface area (Å²) in [6.45, 7) is 3.37. The molecular formula is C17H24N4OS. The predicted octanol–water partition coefficient (Wildman–Crippen LogP) is 2.87. The van der Waals surface area contributed by atoms with Crippen LogP contribution in [0.2, 0.25) is 0 Å². The molecule has 0 fully saturated rings. The SMILES string of the molecule is CSCC[C@@H](C)NC(=O)NCc1ccc(Cn2ccnc2)cc1. The third-order valence-corrected chi connectivity index (χ3v) is 4.18. The molecule has 2 N–H and O–H groups in total. The van der Waals surface area contributed by atoms with Crippen molar-refractivity contribution in [3.8, 4) is 0 Å². The van der Waals surface area contributed by atoms with Gasteiger partial charge in [-0.15, -0.1) is 0 Å². The van der Waals surface area contributed by atoms with Gasteiger partial charge in [0.25, 0.3) is 0 Å². The number of hydrogen-bond donors (Lipinski definition) is 2. The van der Waals surface area contributed by atoms with Crippen molar-refractivity contribution in [2.75, 3.05) is 12.0 Å². The van der Waals surface area contributed by atoms with Gasteiger partial charge in [-0.25, -0.2) is 9.78 Å². The highest BCUT2D eigenvalue weighted by molar-refractivity contribution is 7.98. The summed E-state index contributed by atoms with van der Waals surface area (Å²) >= 11 is 1.79. The van der Waals surface area contributed by atoms with Crippen molar-refractivity contribution in [3.63, 3.8) is 0 Å². The van der Waals surface area contributed by atoms with Crippen LogP contribution in [-0.2, 0) is 13.1 Å². The van der Waals surface area contributed by atoms with Gasteiger partial charge in [0.05, 0.1) is 6.33 Å². The van der Waals surface area contributed by atoms with E-state index in [0.29, 0.717) is 6.54 Å². The van der Waals surface area contributed by atoms with Gasteiger partial charge in [0, 0.05) is 31.5 Å². The van der Waals surface area contributed by atoms with Gasteiger partial charge >= 0.3 is 6.03 Å². The Bertz CT molecular complexity index is 583. The van der Waals surface area contributed by atoms with Crippen LogP contribution < -0.4 is 10.6 Å². The highest BCUT2D eigenvalue weighted by Crippen LogP contribution is 2.06. The van der Waals surface area contributed by atoms with Crippen molar-refractivity contribution >= 4 is 17.8 Å². The molecule has 2 amide bonds. The predicted molar refractivity (Wildman–Crippen MR) is 95.6 cm³/mol. The summed E-state index contributed by atoms with van der Waals surface area (Å²) < 4.78 is 2.02. The van der Waals surface area contributed by atoms with Crippen LogP contribution in [0.3, 0.4) is 0 Å². The van der Waals surface area contributed by atoms with Crippen LogP contribution in [0.15, 0.2) is 43.0 Å². The van der Waals surface area contributed by atoms with Crippen molar-refractivity contribution in [2.24, 2.45) is 0 Å². The van der Waals surface area contributed by atoms with Gasteiger partial charge in [-0.2, -0.15) is 11.8 Å². The Balaban J connectivity index is 1.74. The summed E-state index contributed by atoms with van der Waals surface area (Å²) in [6.07, 6.45) is 8.58. The van der Waals surface area contributed by atoms with E-state index in [9.17, 15) is 4.79 Å². The largest absolute Gasteiger partial charge is 0.336 e. The number of imidazole rings is 1. The lowest BCUT2D eigenvalue weighted by Crippen LogP contribution is -2.40. The molecule has 124 valence electrons. The first-order valence-corrected chi connectivity index (χ1v) is 9.13. The Labute approximate surface area is 141 Å². The molecule has 23 heavy (non-hydrogen) atoms. The van der Waals surface area contributed by atoms with Crippen LogP contribution in [-0.4, -0.2) is 33.6 Å². The topological polar surface area (TPSA) is 59.0 Å². The molecule has 0 radical (unpaired) electrons. The summed E-state index contributed by atoms with van der Waals surface area (Å²) in [4.78, 5) is 15.9. The molecule has 0 unspecified atom stereocenters. The molecule has 0 aliphatic carbocycles. The summed E-state index contributed by atoms with van der Waals surface area (Å²) in [5.74, 6) is 1.06. The number of amides is 2. The van der Waals surface area contributed by atoms with Gasteiger partial charge in [0.15, 0.2) is 0 Å². The lowest BCUT2D eigenvalue weighted by atomic mass is 10.1. The average Bonchev–Trinajstić information content (AvgIpc) is 3.05. The van der Waals surface area contributed by atoms with Crippen LogP contribution in [0.1, 0.15) is 24.5 Å². The highest BCUT2D eigenvalue weighted by Gasteiger charge is 2.06. The average molecular weight is 332 g/mol. The first-order chi connectivity index (χ1) is 11.2. The maximum atomic E-state index is 11.8. The Hall–Kier alpha value is -1.95. The van der Waals surface area contributed by atoms with E-state index in [4.69, 9.17) is 0 Å². The quantitative estimate of drug-likeness (QED) is 0.781. The minimum Gasteiger partial charge on any atom is -0.336 e. The van der Waals surface area contributed by atoms with E-state index < -0.39 is 0 Å². The van der Waals surface area contributed by atoms with Crippen molar-refractivity contribution in [1.82, 2.24) is 20.2 Å². The molecule has 2 rings (SSSR count). The maximum Gasteiger partial charge on any atom is 0.315 e. The number of rotatable bonds is 8. The fourth-order valence-corrected chi connectivity index (χ4v) is 2.77. The van der Waals surface area contributed by atoms with Gasteiger partial charge < -0.3 is 15.2 Å². The summed E-state index contributed by atoms with van der Waals surface area (Å²) in [5.41, 5.74) is 2.30. The summed E-state index contributed by atoms with van der Waals surface area (Å²) in [5, 5.41) is 5.85. The molecule has 0 spiro atoms. The van der Waals surface area contributed by atoms with Crippen LogP contribution in [0.4, 0.5) is 4.79 Å². The van der Waals surface area contributed by atoms with Gasteiger partial charge in [-0.05, 0) is 36.5 Å².